The van der Waals surface area contributed by atoms with E-state index in [1.165, 1.54) is 12.1 Å². The number of halogens is 1. The molecule has 5 N–H and O–H groups in total. The second kappa shape index (κ2) is 8.18. The molecule has 0 saturated heterocycles. The number of benzene rings is 3. The Morgan fingerprint density at radius 3 is 2.07 bits per heavy atom. The van der Waals surface area contributed by atoms with Crippen LogP contribution in [-0.4, -0.2) is 11.8 Å². The largest absolute Gasteiger partial charge is 0.397 e. The molecule has 140 valence electrons. The molecule has 0 radical (unpaired) electrons. The first-order chi connectivity index (χ1) is 13.4. The van der Waals surface area contributed by atoms with Crippen LogP contribution in [-0.2, 0) is 4.79 Å². The zero-order valence-corrected chi connectivity index (χ0v) is 14.9. The van der Waals surface area contributed by atoms with Crippen molar-refractivity contribution < 1.29 is 14.0 Å². The van der Waals surface area contributed by atoms with Gasteiger partial charge in [-0.1, -0.05) is 36.4 Å². The number of nitrogens with two attached hydrogens (primary N) is 2. The maximum absolute atomic E-state index is 13.0. The maximum Gasteiger partial charge on any atom is 0.255 e. The van der Waals surface area contributed by atoms with Crippen molar-refractivity contribution >= 4 is 34.8 Å². The summed E-state index contributed by atoms with van der Waals surface area (Å²) in [5.41, 5.74) is 14.1. The number of hydrogen-bond donors (Lipinski definition) is 3. The molecule has 0 saturated carbocycles. The van der Waals surface area contributed by atoms with E-state index < -0.39 is 5.91 Å². The number of primary amides is 1. The molecule has 3 rings (SSSR count). The van der Waals surface area contributed by atoms with Gasteiger partial charge >= 0.3 is 0 Å². The lowest BCUT2D eigenvalue weighted by Crippen LogP contribution is -2.14. The molecule has 0 bridgehead atoms. The van der Waals surface area contributed by atoms with Crippen LogP contribution in [0.1, 0.15) is 21.5 Å². The van der Waals surface area contributed by atoms with Crippen molar-refractivity contribution in [2.24, 2.45) is 5.73 Å². The van der Waals surface area contributed by atoms with Crippen molar-refractivity contribution in [1.29, 1.82) is 0 Å². The highest BCUT2D eigenvalue weighted by Gasteiger charge is 2.12. The van der Waals surface area contributed by atoms with Gasteiger partial charge in [-0.15, -0.1) is 0 Å². The number of nitrogen functional groups attached to an aromatic ring is 1. The highest BCUT2D eigenvalue weighted by molar-refractivity contribution is 6.23. The van der Waals surface area contributed by atoms with Gasteiger partial charge in [0.15, 0.2) is 0 Å². The SMILES string of the molecule is NC(=O)/C(=C/c1ccc(F)cc1)c1ccc(C(=O)Nc2ccccc2N)cc1. The molecule has 0 unspecified atom stereocenters. The highest BCUT2D eigenvalue weighted by atomic mass is 19.1. The van der Waals surface area contributed by atoms with Crippen LogP contribution in [0.4, 0.5) is 15.8 Å². The molecule has 3 aromatic carbocycles. The fourth-order valence-corrected chi connectivity index (χ4v) is 2.63. The van der Waals surface area contributed by atoms with Crippen molar-refractivity contribution in [3.63, 3.8) is 0 Å². The summed E-state index contributed by atoms with van der Waals surface area (Å²) in [6, 6.07) is 19.1. The highest BCUT2D eigenvalue weighted by Crippen LogP contribution is 2.21. The van der Waals surface area contributed by atoms with E-state index in [4.69, 9.17) is 11.5 Å². The van der Waals surface area contributed by atoms with E-state index in [0.717, 1.165) is 0 Å². The van der Waals surface area contributed by atoms with Crippen LogP contribution < -0.4 is 16.8 Å². The van der Waals surface area contributed by atoms with Crippen molar-refractivity contribution in [1.82, 2.24) is 0 Å². The number of hydrogen-bond acceptors (Lipinski definition) is 3. The monoisotopic (exact) mass is 375 g/mol. The molecule has 0 aliphatic carbocycles. The summed E-state index contributed by atoms with van der Waals surface area (Å²) in [5.74, 6) is -1.32. The number of para-hydroxylation sites is 2. The smallest absolute Gasteiger partial charge is 0.255 e. The third-order valence-corrected chi connectivity index (χ3v) is 4.11. The first-order valence-electron chi connectivity index (χ1n) is 8.47. The third-order valence-electron chi connectivity index (χ3n) is 4.11. The fourth-order valence-electron chi connectivity index (χ4n) is 2.63. The van der Waals surface area contributed by atoms with E-state index in [-0.39, 0.29) is 17.3 Å². The number of carbonyl (C=O) groups excluding carboxylic acids is 2. The number of amides is 2. The van der Waals surface area contributed by atoms with Gasteiger partial charge in [-0.25, -0.2) is 4.39 Å². The summed E-state index contributed by atoms with van der Waals surface area (Å²) < 4.78 is 13.0. The Hall–Kier alpha value is -3.93. The van der Waals surface area contributed by atoms with E-state index >= 15 is 0 Å². The quantitative estimate of drug-likeness (QED) is 0.360. The predicted octanol–water partition coefficient (Wildman–Crippen LogP) is 3.69. The normalized spacial score (nSPS) is 11.1. The van der Waals surface area contributed by atoms with Gasteiger partial charge in [0, 0.05) is 11.1 Å². The van der Waals surface area contributed by atoms with E-state index in [0.29, 0.717) is 28.1 Å². The Morgan fingerprint density at radius 1 is 0.857 bits per heavy atom. The first-order valence-corrected chi connectivity index (χ1v) is 8.47. The van der Waals surface area contributed by atoms with Crippen LogP contribution in [0.5, 0.6) is 0 Å². The molecule has 0 spiro atoms. The lowest BCUT2D eigenvalue weighted by molar-refractivity contribution is -0.112. The Kier molecular flexibility index (Phi) is 5.50. The number of nitrogens with one attached hydrogen (secondary N) is 1. The average Bonchev–Trinajstić information content (AvgIpc) is 2.69. The van der Waals surface area contributed by atoms with Gasteiger partial charge in [0.05, 0.1) is 11.4 Å². The van der Waals surface area contributed by atoms with Crippen molar-refractivity contribution in [2.45, 2.75) is 0 Å². The zero-order valence-electron chi connectivity index (χ0n) is 14.9. The minimum Gasteiger partial charge on any atom is -0.397 e. The molecule has 0 heterocycles. The van der Waals surface area contributed by atoms with E-state index in [1.807, 2.05) is 0 Å². The molecule has 2 amide bonds. The molecule has 6 heteroatoms. The third kappa shape index (κ3) is 4.42. The lowest BCUT2D eigenvalue weighted by atomic mass is 10.0. The number of anilines is 2. The molecule has 28 heavy (non-hydrogen) atoms. The van der Waals surface area contributed by atoms with Gasteiger partial charge in [-0.2, -0.15) is 0 Å². The van der Waals surface area contributed by atoms with Crippen LogP contribution in [0, 0.1) is 5.82 Å². The molecular formula is C22H18FN3O2. The van der Waals surface area contributed by atoms with E-state index in [1.54, 1.807) is 66.7 Å². The minimum atomic E-state index is -0.626. The van der Waals surface area contributed by atoms with Crippen molar-refractivity contribution in [3.05, 3.63) is 95.3 Å². The molecule has 0 aliphatic heterocycles. The maximum atomic E-state index is 13.0. The number of rotatable bonds is 5. The van der Waals surface area contributed by atoms with E-state index in [2.05, 4.69) is 5.32 Å². The van der Waals surface area contributed by atoms with Gasteiger partial charge < -0.3 is 16.8 Å². The average molecular weight is 375 g/mol. The topological polar surface area (TPSA) is 98.2 Å². The van der Waals surface area contributed by atoms with Crippen LogP contribution >= 0.6 is 0 Å². The predicted molar refractivity (Wildman–Crippen MR) is 109 cm³/mol. The van der Waals surface area contributed by atoms with Gasteiger partial charge in [0.1, 0.15) is 5.82 Å². The van der Waals surface area contributed by atoms with E-state index in [9.17, 15) is 14.0 Å². The summed E-state index contributed by atoms with van der Waals surface area (Å²) in [6.07, 6.45) is 1.57. The lowest BCUT2D eigenvalue weighted by Gasteiger charge is -2.09. The summed E-state index contributed by atoms with van der Waals surface area (Å²) in [5, 5.41) is 2.74. The van der Waals surface area contributed by atoms with Crippen molar-refractivity contribution in [3.8, 4) is 0 Å². The van der Waals surface area contributed by atoms with Crippen LogP contribution in [0.15, 0.2) is 72.8 Å². The Balaban J connectivity index is 1.83. The Labute approximate surface area is 161 Å². The number of carbonyl (C=O) groups is 2. The minimum absolute atomic E-state index is 0.255. The van der Waals surface area contributed by atoms with Gasteiger partial charge in [-0.3, -0.25) is 9.59 Å². The molecular weight excluding hydrogens is 357 g/mol. The molecule has 0 fully saturated rings. The zero-order chi connectivity index (χ0) is 20.1. The molecule has 3 aromatic rings. The summed E-state index contributed by atoms with van der Waals surface area (Å²) >= 11 is 0. The van der Waals surface area contributed by atoms with Gasteiger partial charge in [0.2, 0.25) is 5.91 Å². The second-order valence-electron chi connectivity index (χ2n) is 6.09. The van der Waals surface area contributed by atoms with Gasteiger partial charge in [0.25, 0.3) is 5.91 Å². The van der Waals surface area contributed by atoms with Crippen molar-refractivity contribution in [2.75, 3.05) is 11.1 Å². The molecule has 5 nitrogen and oxygen atoms in total. The first kappa shape index (κ1) is 18.8. The summed E-state index contributed by atoms with van der Waals surface area (Å²) in [6.45, 7) is 0. The van der Waals surface area contributed by atoms with Crippen LogP contribution in [0.2, 0.25) is 0 Å². The standard InChI is InChI=1S/C22H18FN3O2/c23-17-11-5-14(6-12-17)13-18(21(25)27)15-7-9-16(10-8-15)22(28)26-20-4-2-1-3-19(20)24/h1-13H,24H2,(H2,25,27)(H,26,28)/b18-13+. The summed E-state index contributed by atoms with van der Waals surface area (Å²) in [4.78, 5) is 24.3. The molecule has 0 atom stereocenters. The fraction of sp³-hybridized carbons (Fsp3) is 0. The molecule has 0 aromatic heterocycles. The molecule has 0 aliphatic rings. The second-order valence-corrected chi connectivity index (χ2v) is 6.09. The summed E-state index contributed by atoms with van der Waals surface area (Å²) in [7, 11) is 0. The van der Waals surface area contributed by atoms with Crippen LogP contribution in [0.25, 0.3) is 11.6 Å². The Morgan fingerprint density at radius 2 is 1.46 bits per heavy atom. The van der Waals surface area contributed by atoms with Gasteiger partial charge in [-0.05, 0) is 53.6 Å². The Bertz CT molecular complexity index is 1040. The van der Waals surface area contributed by atoms with Crippen LogP contribution in [0.3, 0.4) is 0 Å².